The fourth-order valence-electron chi connectivity index (χ4n) is 2.37. The molecule has 24 heavy (non-hydrogen) atoms. The van der Waals surface area contributed by atoms with Gasteiger partial charge in [0.25, 0.3) is 5.91 Å². The minimum absolute atomic E-state index is 0.0345. The molecule has 0 aromatic heterocycles. The molecule has 1 N–H and O–H groups in total. The second kappa shape index (κ2) is 8.93. The first-order valence-electron chi connectivity index (χ1n) is 7.76. The van der Waals surface area contributed by atoms with Gasteiger partial charge in [0.1, 0.15) is 17.6 Å². The largest absolute Gasteiger partial charge is 0.496 e. The number of hydrogen-bond donors (Lipinski definition) is 1. The van der Waals surface area contributed by atoms with E-state index < -0.39 is 0 Å². The van der Waals surface area contributed by atoms with Crippen LogP contribution < -0.4 is 14.8 Å². The molecule has 1 atom stereocenters. The first-order valence-corrected chi connectivity index (χ1v) is 7.76. The van der Waals surface area contributed by atoms with Gasteiger partial charge in [0.15, 0.2) is 6.61 Å². The molecule has 128 valence electrons. The molecule has 0 spiro atoms. The molecular weight excluding hydrogens is 306 g/mol. The van der Waals surface area contributed by atoms with Crippen LogP contribution in [0.3, 0.4) is 0 Å². The molecule has 0 aliphatic heterocycles. The van der Waals surface area contributed by atoms with Crippen LogP contribution in [0.2, 0.25) is 0 Å². The molecular formula is C19H23NO4. The van der Waals surface area contributed by atoms with Crippen LogP contribution in [0.25, 0.3) is 0 Å². The summed E-state index contributed by atoms with van der Waals surface area (Å²) in [5.74, 6) is 1.24. The van der Waals surface area contributed by atoms with Crippen molar-refractivity contribution < 1.29 is 19.0 Å². The Morgan fingerprint density at radius 3 is 2.38 bits per heavy atom. The van der Waals surface area contributed by atoms with Gasteiger partial charge in [-0.3, -0.25) is 4.79 Å². The molecule has 5 heteroatoms. The summed E-state index contributed by atoms with van der Waals surface area (Å²) >= 11 is 0. The predicted octanol–water partition coefficient (Wildman–Crippen LogP) is 2.89. The van der Waals surface area contributed by atoms with Crippen LogP contribution in [0.15, 0.2) is 48.5 Å². The lowest BCUT2D eigenvalue weighted by atomic mass is 10.1. The molecule has 0 saturated carbocycles. The van der Waals surface area contributed by atoms with Gasteiger partial charge in [-0.25, -0.2) is 0 Å². The third kappa shape index (κ3) is 4.73. The number of nitrogens with one attached hydrogen (secondary N) is 1. The molecule has 5 nitrogen and oxygen atoms in total. The predicted molar refractivity (Wildman–Crippen MR) is 92.4 cm³/mol. The SMILES string of the molecule is COc1ccccc1C(CNC(=O)COc1ccccc1C)OC. The smallest absolute Gasteiger partial charge is 0.258 e. The highest BCUT2D eigenvalue weighted by atomic mass is 16.5. The molecule has 2 aromatic carbocycles. The Balaban J connectivity index is 1.89. The van der Waals surface area contributed by atoms with Crippen molar-refractivity contribution in [3.05, 3.63) is 59.7 Å². The number of carbonyl (C=O) groups excluding carboxylic acids is 1. The van der Waals surface area contributed by atoms with E-state index in [1.807, 2.05) is 55.5 Å². The van der Waals surface area contributed by atoms with E-state index in [2.05, 4.69) is 5.32 Å². The minimum atomic E-state index is -0.288. The Hall–Kier alpha value is -2.53. The van der Waals surface area contributed by atoms with Crippen LogP contribution in [0.4, 0.5) is 0 Å². The number of aryl methyl sites for hydroxylation is 1. The van der Waals surface area contributed by atoms with Crippen LogP contribution >= 0.6 is 0 Å². The average molecular weight is 329 g/mol. The second-order valence-corrected chi connectivity index (χ2v) is 5.32. The summed E-state index contributed by atoms with van der Waals surface area (Å²) in [5, 5.41) is 2.83. The summed E-state index contributed by atoms with van der Waals surface area (Å²) in [4.78, 5) is 12.0. The monoisotopic (exact) mass is 329 g/mol. The lowest BCUT2D eigenvalue weighted by Crippen LogP contribution is -2.33. The van der Waals surface area contributed by atoms with Gasteiger partial charge in [-0.05, 0) is 24.6 Å². The number of para-hydroxylation sites is 2. The number of amides is 1. The van der Waals surface area contributed by atoms with Crippen molar-refractivity contribution in [2.75, 3.05) is 27.4 Å². The van der Waals surface area contributed by atoms with Crippen molar-refractivity contribution >= 4 is 5.91 Å². The van der Waals surface area contributed by atoms with E-state index in [-0.39, 0.29) is 18.6 Å². The highest BCUT2D eigenvalue weighted by Gasteiger charge is 2.16. The zero-order chi connectivity index (χ0) is 17.4. The third-order valence-electron chi connectivity index (χ3n) is 3.71. The number of benzene rings is 2. The van der Waals surface area contributed by atoms with E-state index in [1.165, 1.54) is 0 Å². The topological polar surface area (TPSA) is 56.8 Å². The molecule has 0 aliphatic carbocycles. The van der Waals surface area contributed by atoms with Crippen molar-refractivity contribution in [1.82, 2.24) is 5.32 Å². The molecule has 1 unspecified atom stereocenters. The summed E-state index contributed by atoms with van der Waals surface area (Å²) in [6, 6.07) is 15.2. The summed E-state index contributed by atoms with van der Waals surface area (Å²) in [7, 11) is 3.22. The van der Waals surface area contributed by atoms with Gasteiger partial charge in [-0.15, -0.1) is 0 Å². The van der Waals surface area contributed by atoms with Gasteiger partial charge in [0.2, 0.25) is 0 Å². The van der Waals surface area contributed by atoms with Crippen LogP contribution in [-0.4, -0.2) is 33.3 Å². The Kier molecular flexibility index (Phi) is 6.63. The third-order valence-corrected chi connectivity index (χ3v) is 3.71. The Morgan fingerprint density at radius 1 is 1.04 bits per heavy atom. The number of methoxy groups -OCH3 is 2. The summed E-state index contributed by atoms with van der Waals surface area (Å²) in [5.41, 5.74) is 1.89. The molecule has 0 fully saturated rings. The van der Waals surface area contributed by atoms with Gasteiger partial charge in [-0.2, -0.15) is 0 Å². The summed E-state index contributed by atoms with van der Waals surface area (Å²) in [6.45, 7) is 2.25. The van der Waals surface area contributed by atoms with Crippen LogP contribution in [-0.2, 0) is 9.53 Å². The highest BCUT2D eigenvalue weighted by Crippen LogP contribution is 2.26. The molecule has 0 radical (unpaired) electrons. The van der Waals surface area contributed by atoms with E-state index in [4.69, 9.17) is 14.2 Å². The lowest BCUT2D eigenvalue weighted by Gasteiger charge is -2.19. The fraction of sp³-hybridized carbons (Fsp3) is 0.316. The zero-order valence-corrected chi connectivity index (χ0v) is 14.2. The van der Waals surface area contributed by atoms with Gasteiger partial charge in [0, 0.05) is 19.2 Å². The summed E-state index contributed by atoms with van der Waals surface area (Å²) < 4.78 is 16.3. The lowest BCUT2D eigenvalue weighted by molar-refractivity contribution is -0.123. The Morgan fingerprint density at radius 2 is 1.71 bits per heavy atom. The molecule has 0 saturated heterocycles. The normalized spacial score (nSPS) is 11.6. The van der Waals surface area contributed by atoms with E-state index in [1.54, 1.807) is 14.2 Å². The van der Waals surface area contributed by atoms with Crippen LogP contribution in [0, 0.1) is 6.92 Å². The number of rotatable bonds is 8. The highest BCUT2D eigenvalue weighted by molar-refractivity contribution is 5.77. The Labute approximate surface area is 142 Å². The molecule has 0 aliphatic rings. The van der Waals surface area contributed by atoms with Gasteiger partial charge in [0.05, 0.1) is 7.11 Å². The van der Waals surface area contributed by atoms with Crippen LogP contribution in [0.1, 0.15) is 17.2 Å². The maximum Gasteiger partial charge on any atom is 0.258 e. The van der Waals surface area contributed by atoms with Gasteiger partial charge < -0.3 is 19.5 Å². The Bertz CT molecular complexity index is 672. The average Bonchev–Trinajstić information content (AvgIpc) is 2.62. The minimum Gasteiger partial charge on any atom is -0.496 e. The number of ether oxygens (including phenoxy) is 3. The molecule has 0 bridgehead atoms. The molecule has 1 amide bonds. The maximum absolute atomic E-state index is 12.0. The zero-order valence-electron chi connectivity index (χ0n) is 14.2. The summed E-state index contributed by atoms with van der Waals surface area (Å²) in [6.07, 6.45) is -0.288. The second-order valence-electron chi connectivity index (χ2n) is 5.32. The van der Waals surface area contributed by atoms with Gasteiger partial charge in [-0.1, -0.05) is 36.4 Å². The molecule has 0 heterocycles. The van der Waals surface area contributed by atoms with E-state index in [0.29, 0.717) is 12.3 Å². The first-order chi connectivity index (χ1) is 11.7. The van der Waals surface area contributed by atoms with Crippen molar-refractivity contribution in [3.8, 4) is 11.5 Å². The van der Waals surface area contributed by atoms with Crippen molar-refractivity contribution in [2.45, 2.75) is 13.0 Å². The van der Waals surface area contributed by atoms with E-state index >= 15 is 0 Å². The quantitative estimate of drug-likeness (QED) is 0.809. The number of hydrogen-bond acceptors (Lipinski definition) is 4. The molecule has 2 rings (SSSR count). The van der Waals surface area contributed by atoms with E-state index in [9.17, 15) is 4.79 Å². The van der Waals surface area contributed by atoms with Crippen molar-refractivity contribution in [3.63, 3.8) is 0 Å². The van der Waals surface area contributed by atoms with Crippen LogP contribution in [0.5, 0.6) is 11.5 Å². The standard InChI is InChI=1S/C19H23NO4/c1-14-8-4-6-10-16(14)24-13-19(21)20-12-18(23-3)15-9-5-7-11-17(15)22-2/h4-11,18H,12-13H2,1-3H3,(H,20,21). The van der Waals surface area contributed by atoms with E-state index in [0.717, 1.165) is 16.9 Å². The number of carbonyl (C=O) groups is 1. The van der Waals surface area contributed by atoms with Crippen molar-refractivity contribution in [2.24, 2.45) is 0 Å². The fourth-order valence-corrected chi connectivity index (χ4v) is 2.37. The molecule has 2 aromatic rings. The first kappa shape index (κ1) is 17.8. The maximum atomic E-state index is 12.0. The van der Waals surface area contributed by atoms with Crippen molar-refractivity contribution in [1.29, 1.82) is 0 Å². The van der Waals surface area contributed by atoms with Gasteiger partial charge >= 0.3 is 0 Å².